The molecule has 0 fully saturated rings. The van der Waals surface area contributed by atoms with Gasteiger partial charge in [-0.1, -0.05) is 30.3 Å². The Labute approximate surface area is 161 Å². The second-order valence-corrected chi connectivity index (χ2v) is 6.07. The topological polar surface area (TPSA) is 57.2 Å². The molecule has 0 unspecified atom stereocenters. The molecular weight excluding hydrogens is 344 g/mol. The molecule has 1 N–H and O–H groups in total. The Bertz CT molecular complexity index is 666. The lowest BCUT2D eigenvalue weighted by atomic mass is 10.1. The van der Waals surface area contributed by atoms with E-state index >= 15 is 0 Å². The zero-order chi connectivity index (χ0) is 19.5. The number of rotatable bonds is 12. The molecule has 0 aliphatic carbocycles. The largest absolute Gasteiger partial charge is 0.497 e. The first-order chi connectivity index (χ1) is 13.2. The summed E-state index contributed by atoms with van der Waals surface area (Å²) in [4.78, 5) is 0. The molecule has 0 spiro atoms. The molecule has 0 saturated carbocycles. The molecule has 2 atom stereocenters. The quantitative estimate of drug-likeness (QED) is 0.575. The second-order valence-electron chi connectivity index (χ2n) is 6.07. The van der Waals surface area contributed by atoms with E-state index in [4.69, 9.17) is 18.9 Å². The monoisotopic (exact) mass is 372 g/mol. The molecule has 0 aliphatic heterocycles. The summed E-state index contributed by atoms with van der Waals surface area (Å²) in [6.07, 6.45) is 1.58. The van der Waals surface area contributed by atoms with Gasteiger partial charge >= 0.3 is 0 Å². The van der Waals surface area contributed by atoms with E-state index < -0.39 is 0 Å². The summed E-state index contributed by atoms with van der Waals surface area (Å²) >= 11 is 0. The normalized spacial score (nSPS) is 13.0. The average molecular weight is 372 g/mol. The van der Waals surface area contributed by atoms with Gasteiger partial charge in [0.2, 0.25) is 0 Å². The first-order valence-electron chi connectivity index (χ1n) is 8.92. The van der Waals surface area contributed by atoms with Crippen LogP contribution in [0.4, 0.5) is 0 Å². The summed E-state index contributed by atoms with van der Waals surface area (Å²) in [6.45, 7) is 4.72. The van der Waals surface area contributed by atoms with Crippen molar-refractivity contribution in [3.63, 3.8) is 0 Å². The number of hydrogen-bond donors (Lipinski definition) is 1. The Balaban J connectivity index is 1.92. The van der Waals surface area contributed by atoms with Gasteiger partial charge in [-0.05, 0) is 41.8 Å². The van der Waals surface area contributed by atoms with Crippen LogP contribution >= 0.6 is 0 Å². The predicted molar refractivity (Wildman–Crippen MR) is 105 cm³/mol. The molecule has 0 heterocycles. The molecule has 27 heavy (non-hydrogen) atoms. The molecule has 0 saturated heterocycles. The molecule has 2 rings (SSSR count). The van der Waals surface area contributed by atoms with Crippen LogP contribution < -0.4 is 9.47 Å². The molecule has 5 nitrogen and oxygen atoms in total. The molecule has 0 radical (unpaired) electrons. The zero-order valence-electron chi connectivity index (χ0n) is 16.0. The first kappa shape index (κ1) is 21.0. The van der Waals surface area contributed by atoms with E-state index in [9.17, 15) is 5.11 Å². The van der Waals surface area contributed by atoms with Crippen LogP contribution in [0.2, 0.25) is 0 Å². The summed E-state index contributed by atoms with van der Waals surface area (Å²) in [6, 6.07) is 15.4. The highest BCUT2D eigenvalue weighted by molar-refractivity contribution is 5.27. The third kappa shape index (κ3) is 6.71. The minimum atomic E-state index is -0.322. The van der Waals surface area contributed by atoms with Gasteiger partial charge in [-0.2, -0.15) is 0 Å². The van der Waals surface area contributed by atoms with Gasteiger partial charge in [0.05, 0.1) is 33.5 Å². The van der Waals surface area contributed by atoms with E-state index in [0.717, 1.165) is 22.6 Å². The molecule has 0 aromatic heterocycles. The molecule has 0 amide bonds. The Morgan fingerprint density at radius 3 is 1.74 bits per heavy atom. The minimum Gasteiger partial charge on any atom is -0.497 e. The van der Waals surface area contributed by atoms with Crippen molar-refractivity contribution in [2.45, 2.75) is 31.8 Å². The van der Waals surface area contributed by atoms with Crippen LogP contribution in [0.1, 0.15) is 17.5 Å². The van der Waals surface area contributed by atoms with Crippen molar-refractivity contribution in [2.75, 3.05) is 20.8 Å². The summed E-state index contributed by atoms with van der Waals surface area (Å²) in [5, 5.41) is 9.39. The first-order valence-corrected chi connectivity index (χ1v) is 8.92. The number of methoxy groups -OCH3 is 2. The lowest BCUT2D eigenvalue weighted by molar-refractivity contribution is -0.0724. The maximum atomic E-state index is 9.39. The Morgan fingerprint density at radius 1 is 0.852 bits per heavy atom. The van der Waals surface area contributed by atoms with Gasteiger partial charge in [-0.3, -0.25) is 0 Å². The SMILES string of the molecule is C=C[C@@H](OCc1ccc(OC)cc1)[C@H](CCO)OCc1ccc(OC)cc1. The molecular formula is C22H28O5. The molecule has 2 aromatic rings. The summed E-state index contributed by atoms with van der Waals surface area (Å²) in [7, 11) is 3.27. The minimum absolute atomic E-state index is 0.0174. The van der Waals surface area contributed by atoms with Crippen molar-refractivity contribution in [1.29, 1.82) is 0 Å². The Morgan fingerprint density at radius 2 is 1.33 bits per heavy atom. The van der Waals surface area contributed by atoms with Crippen molar-refractivity contribution < 1.29 is 24.1 Å². The fraction of sp³-hybridized carbons (Fsp3) is 0.364. The number of ether oxygens (including phenoxy) is 4. The Hall–Kier alpha value is -2.34. The zero-order valence-corrected chi connectivity index (χ0v) is 16.0. The van der Waals surface area contributed by atoms with Gasteiger partial charge in [0.1, 0.15) is 17.6 Å². The third-order valence-electron chi connectivity index (χ3n) is 4.24. The second kappa shape index (κ2) is 11.4. The van der Waals surface area contributed by atoms with Crippen LogP contribution in [0, 0.1) is 0 Å². The highest BCUT2D eigenvalue weighted by atomic mass is 16.5. The van der Waals surface area contributed by atoms with Gasteiger partial charge in [-0.15, -0.1) is 6.58 Å². The average Bonchev–Trinajstić information content (AvgIpc) is 2.73. The standard InChI is InChI=1S/C22H28O5/c1-4-21(26-15-17-5-9-19(24-2)10-6-17)22(13-14-23)27-16-18-7-11-20(25-3)12-8-18/h4-12,21-23H,1,13-16H2,2-3H3/t21-,22+/m1/s1. The molecule has 0 aliphatic rings. The number of hydrogen-bond acceptors (Lipinski definition) is 5. The van der Waals surface area contributed by atoms with E-state index in [2.05, 4.69) is 6.58 Å². The summed E-state index contributed by atoms with van der Waals surface area (Å²) in [5.74, 6) is 1.61. The fourth-order valence-electron chi connectivity index (χ4n) is 2.64. The maximum Gasteiger partial charge on any atom is 0.118 e. The number of aliphatic hydroxyl groups excluding tert-OH is 1. The van der Waals surface area contributed by atoms with E-state index in [1.54, 1.807) is 20.3 Å². The van der Waals surface area contributed by atoms with Crippen molar-refractivity contribution in [1.82, 2.24) is 0 Å². The van der Waals surface area contributed by atoms with Crippen molar-refractivity contribution in [3.8, 4) is 11.5 Å². The van der Waals surface area contributed by atoms with Crippen LogP contribution in [0.5, 0.6) is 11.5 Å². The number of aliphatic hydroxyl groups is 1. The fourth-order valence-corrected chi connectivity index (χ4v) is 2.64. The highest BCUT2D eigenvalue weighted by Crippen LogP contribution is 2.18. The highest BCUT2D eigenvalue weighted by Gasteiger charge is 2.20. The van der Waals surface area contributed by atoms with Crippen molar-refractivity contribution in [2.24, 2.45) is 0 Å². The lowest BCUT2D eigenvalue weighted by Gasteiger charge is -2.25. The smallest absolute Gasteiger partial charge is 0.118 e. The Kier molecular flexibility index (Phi) is 8.84. The van der Waals surface area contributed by atoms with Crippen LogP contribution in [0.15, 0.2) is 61.2 Å². The van der Waals surface area contributed by atoms with Crippen LogP contribution in [0.25, 0.3) is 0 Å². The molecule has 146 valence electrons. The lowest BCUT2D eigenvalue weighted by Crippen LogP contribution is -2.31. The third-order valence-corrected chi connectivity index (χ3v) is 4.24. The van der Waals surface area contributed by atoms with Crippen LogP contribution in [0.3, 0.4) is 0 Å². The van der Waals surface area contributed by atoms with Crippen LogP contribution in [-0.2, 0) is 22.7 Å². The van der Waals surface area contributed by atoms with E-state index in [1.807, 2.05) is 48.5 Å². The number of benzene rings is 2. The van der Waals surface area contributed by atoms with Crippen LogP contribution in [-0.4, -0.2) is 38.1 Å². The van der Waals surface area contributed by atoms with Gasteiger partial charge in [0, 0.05) is 6.61 Å². The van der Waals surface area contributed by atoms with Gasteiger partial charge in [-0.25, -0.2) is 0 Å². The predicted octanol–water partition coefficient (Wildman–Crippen LogP) is 3.74. The molecule has 5 heteroatoms. The van der Waals surface area contributed by atoms with E-state index in [-0.39, 0.29) is 18.8 Å². The van der Waals surface area contributed by atoms with Gasteiger partial charge < -0.3 is 24.1 Å². The maximum absolute atomic E-state index is 9.39. The van der Waals surface area contributed by atoms with E-state index in [1.165, 1.54) is 0 Å². The van der Waals surface area contributed by atoms with Crippen molar-refractivity contribution >= 4 is 0 Å². The summed E-state index contributed by atoms with van der Waals surface area (Å²) < 4.78 is 22.3. The van der Waals surface area contributed by atoms with E-state index in [0.29, 0.717) is 19.6 Å². The van der Waals surface area contributed by atoms with Gasteiger partial charge in [0.25, 0.3) is 0 Å². The van der Waals surface area contributed by atoms with Gasteiger partial charge in [0.15, 0.2) is 0 Å². The molecule has 0 bridgehead atoms. The van der Waals surface area contributed by atoms with Crippen molar-refractivity contribution in [3.05, 3.63) is 72.3 Å². The summed E-state index contributed by atoms with van der Waals surface area (Å²) in [5.41, 5.74) is 2.05. The molecule has 2 aromatic carbocycles.